The van der Waals surface area contributed by atoms with E-state index >= 15 is 0 Å². The zero-order valence-corrected chi connectivity index (χ0v) is 14.1. The normalized spacial score (nSPS) is 10.3. The Labute approximate surface area is 135 Å². The van der Waals surface area contributed by atoms with Gasteiger partial charge in [-0.25, -0.2) is 9.78 Å². The number of aryl methyl sites for hydroxylation is 1. The summed E-state index contributed by atoms with van der Waals surface area (Å²) in [6, 6.07) is 5.52. The van der Waals surface area contributed by atoms with Crippen LogP contribution in [0.25, 0.3) is 11.4 Å². The molecule has 0 unspecified atom stereocenters. The molecular weight excluding hydrogens is 356 g/mol. The molecule has 0 aliphatic carbocycles. The van der Waals surface area contributed by atoms with E-state index in [4.69, 9.17) is 21.7 Å². The quantitative estimate of drug-likeness (QED) is 0.661. The maximum atomic E-state index is 11.7. The van der Waals surface area contributed by atoms with Crippen LogP contribution in [-0.2, 0) is 4.74 Å². The van der Waals surface area contributed by atoms with Gasteiger partial charge in [-0.05, 0) is 25.1 Å². The standard InChI is InChI=1S/C14H13BrN2O3S/c1-7-11(14(18)20-3)13(21)17-12(16-7)9-6-8(19-2)4-5-10(9)15/h4-6H,1-3H3,(H,16,17,21). The Hall–Kier alpha value is -1.73. The van der Waals surface area contributed by atoms with E-state index in [1.807, 2.05) is 18.2 Å². The number of esters is 1. The minimum absolute atomic E-state index is 0.197. The van der Waals surface area contributed by atoms with Gasteiger partial charge in [0.15, 0.2) is 0 Å². The minimum atomic E-state index is -0.502. The zero-order valence-electron chi connectivity index (χ0n) is 11.7. The first-order valence-corrected chi connectivity index (χ1v) is 7.21. The predicted octanol–water partition coefficient (Wildman–Crippen LogP) is 3.67. The van der Waals surface area contributed by atoms with Crippen molar-refractivity contribution in [1.82, 2.24) is 9.97 Å². The molecule has 0 aliphatic heterocycles. The molecule has 1 N–H and O–H groups in total. The number of carbonyl (C=O) groups is 1. The summed E-state index contributed by atoms with van der Waals surface area (Å²) >= 11 is 8.66. The number of halogens is 1. The van der Waals surface area contributed by atoms with Crippen LogP contribution in [-0.4, -0.2) is 30.2 Å². The molecule has 1 aromatic heterocycles. The molecule has 0 amide bonds. The Kier molecular flexibility index (Phi) is 4.74. The second-order valence-electron chi connectivity index (χ2n) is 4.23. The molecule has 0 bridgehead atoms. The second-order valence-corrected chi connectivity index (χ2v) is 5.47. The first-order chi connectivity index (χ1) is 9.97. The molecule has 1 aromatic carbocycles. The van der Waals surface area contributed by atoms with E-state index in [0.29, 0.717) is 17.3 Å². The molecule has 2 aromatic rings. The van der Waals surface area contributed by atoms with Crippen LogP contribution in [0.3, 0.4) is 0 Å². The lowest BCUT2D eigenvalue weighted by Crippen LogP contribution is -2.09. The average Bonchev–Trinajstić information content (AvgIpc) is 2.46. The number of ether oxygens (including phenoxy) is 2. The molecule has 7 heteroatoms. The number of rotatable bonds is 3. The summed E-state index contributed by atoms with van der Waals surface area (Å²) in [6.07, 6.45) is 0. The monoisotopic (exact) mass is 368 g/mol. The number of carbonyl (C=O) groups excluding carboxylic acids is 1. The molecule has 0 fully saturated rings. The van der Waals surface area contributed by atoms with E-state index in [0.717, 1.165) is 10.0 Å². The summed E-state index contributed by atoms with van der Waals surface area (Å²) in [4.78, 5) is 19.1. The Morgan fingerprint density at radius 2 is 2.10 bits per heavy atom. The van der Waals surface area contributed by atoms with Crippen molar-refractivity contribution in [2.45, 2.75) is 6.92 Å². The molecule has 0 aliphatic rings. The van der Waals surface area contributed by atoms with Gasteiger partial charge in [0, 0.05) is 15.7 Å². The highest BCUT2D eigenvalue weighted by Crippen LogP contribution is 2.30. The Bertz CT molecular complexity index is 758. The number of nitrogens with one attached hydrogen (secondary N) is 1. The number of benzene rings is 1. The number of hydrogen-bond donors (Lipinski definition) is 1. The zero-order chi connectivity index (χ0) is 15.6. The molecule has 1 heterocycles. The summed E-state index contributed by atoms with van der Waals surface area (Å²) in [7, 11) is 2.90. The van der Waals surface area contributed by atoms with Gasteiger partial charge in [0.2, 0.25) is 0 Å². The predicted molar refractivity (Wildman–Crippen MR) is 85.2 cm³/mol. The molecule has 110 valence electrons. The number of aromatic nitrogens is 2. The molecule has 0 saturated carbocycles. The largest absolute Gasteiger partial charge is 0.497 e. The van der Waals surface area contributed by atoms with Crippen molar-refractivity contribution in [3.8, 4) is 17.1 Å². The lowest BCUT2D eigenvalue weighted by atomic mass is 10.2. The van der Waals surface area contributed by atoms with E-state index in [-0.39, 0.29) is 10.2 Å². The van der Waals surface area contributed by atoms with E-state index in [9.17, 15) is 4.79 Å². The summed E-state index contributed by atoms with van der Waals surface area (Å²) < 4.78 is 11.0. The lowest BCUT2D eigenvalue weighted by molar-refractivity contribution is 0.0598. The van der Waals surface area contributed by atoms with Crippen LogP contribution in [0.5, 0.6) is 5.75 Å². The number of hydrogen-bond acceptors (Lipinski definition) is 5. The number of H-pyrrole nitrogens is 1. The number of nitrogens with zero attached hydrogens (tertiary/aromatic N) is 1. The van der Waals surface area contributed by atoms with Gasteiger partial charge in [-0.2, -0.15) is 0 Å². The van der Waals surface area contributed by atoms with E-state index < -0.39 is 5.97 Å². The van der Waals surface area contributed by atoms with Crippen LogP contribution in [0.1, 0.15) is 16.1 Å². The molecule has 0 saturated heterocycles. The van der Waals surface area contributed by atoms with E-state index in [1.165, 1.54) is 7.11 Å². The highest BCUT2D eigenvalue weighted by atomic mass is 79.9. The van der Waals surface area contributed by atoms with Gasteiger partial charge < -0.3 is 14.5 Å². The Morgan fingerprint density at radius 3 is 2.67 bits per heavy atom. The summed E-state index contributed by atoms with van der Waals surface area (Å²) in [5.41, 5.74) is 1.67. The highest BCUT2D eigenvalue weighted by Gasteiger charge is 2.16. The van der Waals surface area contributed by atoms with Crippen molar-refractivity contribution in [3.05, 3.63) is 38.6 Å². The van der Waals surface area contributed by atoms with Crippen LogP contribution in [0.2, 0.25) is 0 Å². The summed E-state index contributed by atoms with van der Waals surface area (Å²) in [6.45, 7) is 1.75. The number of methoxy groups -OCH3 is 2. The molecule has 5 nitrogen and oxygen atoms in total. The van der Waals surface area contributed by atoms with Gasteiger partial charge in [-0.1, -0.05) is 28.1 Å². The second kappa shape index (κ2) is 6.36. The SMILES string of the molecule is COC(=O)c1c(C)[nH]c(-c2cc(OC)ccc2Br)nc1=S. The van der Waals surface area contributed by atoms with Crippen LogP contribution >= 0.6 is 28.1 Å². The van der Waals surface area contributed by atoms with Gasteiger partial charge in [0.25, 0.3) is 0 Å². The van der Waals surface area contributed by atoms with Crippen molar-refractivity contribution < 1.29 is 14.3 Å². The minimum Gasteiger partial charge on any atom is -0.497 e. The fraction of sp³-hybridized carbons (Fsp3) is 0.214. The fourth-order valence-corrected chi connectivity index (χ4v) is 2.63. The summed E-state index contributed by atoms with van der Waals surface area (Å²) in [5.74, 6) is 0.748. The van der Waals surface area contributed by atoms with Crippen molar-refractivity contribution in [1.29, 1.82) is 0 Å². The first-order valence-electron chi connectivity index (χ1n) is 6.01. The van der Waals surface area contributed by atoms with Crippen molar-refractivity contribution in [2.75, 3.05) is 14.2 Å². The van der Waals surface area contributed by atoms with Crippen LogP contribution in [0, 0.1) is 11.6 Å². The van der Waals surface area contributed by atoms with Crippen LogP contribution in [0.15, 0.2) is 22.7 Å². The molecule has 0 spiro atoms. The van der Waals surface area contributed by atoms with Crippen LogP contribution < -0.4 is 4.74 Å². The molecule has 0 atom stereocenters. The average molecular weight is 369 g/mol. The van der Waals surface area contributed by atoms with E-state index in [1.54, 1.807) is 14.0 Å². The first kappa shape index (κ1) is 15.7. The Balaban J connectivity index is 2.62. The smallest absolute Gasteiger partial charge is 0.342 e. The maximum absolute atomic E-state index is 11.7. The van der Waals surface area contributed by atoms with Crippen molar-refractivity contribution >= 4 is 34.1 Å². The van der Waals surface area contributed by atoms with E-state index in [2.05, 4.69) is 25.9 Å². The molecule has 21 heavy (non-hydrogen) atoms. The van der Waals surface area contributed by atoms with Gasteiger partial charge in [0.05, 0.1) is 14.2 Å². The summed E-state index contributed by atoms with van der Waals surface area (Å²) in [5, 5.41) is 0. The lowest BCUT2D eigenvalue weighted by Gasteiger charge is -2.10. The molecule has 0 radical (unpaired) electrons. The van der Waals surface area contributed by atoms with Crippen molar-refractivity contribution in [3.63, 3.8) is 0 Å². The van der Waals surface area contributed by atoms with Gasteiger partial charge in [0.1, 0.15) is 21.8 Å². The van der Waals surface area contributed by atoms with Gasteiger partial charge >= 0.3 is 5.97 Å². The number of aromatic amines is 1. The highest BCUT2D eigenvalue weighted by molar-refractivity contribution is 9.10. The third-order valence-electron chi connectivity index (χ3n) is 2.93. The Morgan fingerprint density at radius 1 is 1.38 bits per heavy atom. The molecule has 2 rings (SSSR count). The third kappa shape index (κ3) is 3.14. The van der Waals surface area contributed by atoms with Gasteiger partial charge in [-0.15, -0.1) is 0 Å². The van der Waals surface area contributed by atoms with Gasteiger partial charge in [-0.3, -0.25) is 0 Å². The van der Waals surface area contributed by atoms with Crippen molar-refractivity contribution in [2.24, 2.45) is 0 Å². The fourth-order valence-electron chi connectivity index (χ4n) is 1.87. The van der Waals surface area contributed by atoms with Crippen LogP contribution in [0.4, 0.5) is 0 Å². The topological polar surface area (TPSA) is 64.2 Å². The third-order valence-corrected chi connectivity index (χ3v) is 3.91. The maximum Gasteiger partial charge on any atom is 0.342 e. The molecular formula is C14H13BrN2O3S.